The van der Waals surface area contributed by atoms with Gasteiger partial charge in [0.2, 0.25) is 17.3 Å². The molecule has 3 aromatic heterocycles. The molecule has 0 bridgehead atoms. The summed E-state index contributed by atoms with van der Waals surface area (Å²) < 4.78 is 5.08. The van der Waals surface area contributed by atoms with E-state index < -0.39 is 0 Å². The second kappa shape index (κ2) is 5.76. The Balaban J connectivity index is 1.40. The molecule has 0 radical (unpaired) electrons. The summed E-state index contributed by atoms with van der Waals surface area (Å²) in [6, 6.07) is 4.80. The predicted molar refractivity (Wildman–Crippen MR) is 82.1 cm³/mol. The third-order valence-corrected chi connectivity index (χ3v) is 3.75. The third kappa shape index (κ3) is 2.96. The van der Waals surface area contributed by atoms with Crippen molar-refractivity contribution in [3.05, 3.63) is 52.0 Å². The first-order valence-electron chi connectivity index (χ1n) is 7.54. The molecule has 9 heteroatoms. The number of rotatable bonds is 5. The summed E-state index contributed by atoms with van der Waals surface area (Å²) in [5.74, 6) is 0.735. The van der Waals surface area contributed by atoms with Gasteiger partial charge in [0.15, 0.2) is 0 Å². The Labute approximate surface area is 135 Å². The molecule has 1 aliphatic rings. The first kappa shape index (κ1) is 14.4. The van der Waals surface area contributed by atoms with E-state index in [1.54, 1.807) is 12.1 Å². The highest BCUT2D eigenvalue weighted by atomic mass is 16.5. The molecular weight excluding hydrogens is 312 g/mol. The first-order valence-corrected chi connectivity index (χ1v) is 7.54. The quantitative estimate of drug-likeness (QED) is 0.640. The first-order chi connectivity index (χ1) is 11.7. The highest BCUT2D eigenvalue weighted by Gasteiger charge is 2.26. The molecule has 0 aliphatic heterocycles. The van der Waals surface area contributed by atoms with Gasteiger partial charge in [-0.05, 0) is 25.0 Å². The number of carbonyl (C=O) groups excluding carboxylic acids is 1. The molecule has 0 saturated heterocycles. The number of carbonyl (C=O) groups is 1. The Morgan fingerprint density at radius 2 is 2.25 bits per heavy atom. The molecule has 3 heterocycles. The number of aromatic amines is 2. The van der Waals surface area contributed by atoms with Gasteiger partial charge in [-0.3, -0.25) is 14.7 Å². The predicted octanol–water partition coefficient (Wildman–Crippen LogP) is 0.955. The van der Waals surface area contributed by atoms with Crippen molar-refractivity contribution in [3.63, 3.8) is 0 Å². The van der Waals surface area contributed by atoms with Crippen LogP contribution in [0.25, 0.3) is 11.4 Å². The number of nitrogens with zero attached hydrogens (tertiary/aromatic N) is 3. The normalized spacial score (nSPS) is 13.8. The summed E-state index contributed by atoms with van der Waals surface area (Å²) in [6.45, 7) is 0.0840. The molecule has 9 nitrogen and oxygen atoms in total. The molecule has 4 rings (SSSR count). The van der Waals surface area contributed by atoms with Crippen LogP contribution in [-0.4, -0.2) is 31.2 Å². The lowest BCUT2D eigenvalue weighted by Gasteiger charge is -1.97. The monoisotopic (exact) mass is 326 g/mol. The van der Waals surface area contributed by atoms with E-state index in [1.165, 1.54) is 12.3 Å². The van der Waals surface area contributed by atoms with E-state index in [0.717, 1.165) is 18.5 Å². The molecule has 1 saturated carbocycles. The van der Waals surface area contributed by atoms with Gasteiger partial charge in [0.05, 0.1) is 6.54 Å². The number of H-pyrrole nitrogens is 2. The van der Waals surface area contributed by atoms with E-state index >= 15 is 0 Å². The SMILES string of the molecule is O=C(NCc1nc(-c2cc[nH]c(=O)c2)no1)c1cc(C2CC2)[nH]n1. The van der Waals surface area contributed by atoms with Gasteiger partial charge in [-0.2, -0.15) is 10.1 Å². The van der Waals surface area contributed by atoms with Gasteiger partial charge in [-0.15, -0.1) is 0 Å². The lowest BCUT2D eigenvalue weighted by atomic mass is 10.2. The minimum Gasteiger partial charge on any atom is -0.342 e. The van der Waals surface area contributed by atoms with E-state index in [4.69, 9.17) is 4.52 Å². The fraction of sp³-hybridized carbons (Fsp3) is 0.267. The average Bonchev–Trinajstić information content (AvgIpc) is 3.13. The third-order valence-electron chi connectivity index (χ3n) is 3.75. The highest BCUT2D eigenvalue weighted by Crippen LogP contribution is 2.38. The summed E-state index contributed by atoms with van der Waals surface area (Å²) in [4.78, 5) is 30.0. The maximum absolute atomic E-state index is 12.1. The second-order valence-electron chi connectivity index (χ2n) is 5.62. The van der Waals surface area contributed by atoms with Crippen LogP contribution in [0.15, 0.2) is 33.7 Å². The van der Waals surface area contributed by atoms with Crippen LogP contribution in [0.2, 0.25) is 0 Å². The van der Waals surface area contributed by atoms with E-state index in [9.17, 15) is 9.59 Å². The smallest absolute Gasteiger partial charge is 0.272 e. The molecule has 3 aromatic rings. The summed E-state index contributed by atoms with van der Waals surface area (Å²) in [5, 5.41) is 13.4. The Morgan fingerprint density at radius 3 is 3.04 bits per heavy atom. The zero-order valence-electron chi connectivity index (χ0n) is 12.6. The van der Waals surface area contributed by atoms with Gasteiger partial charge < -0.3 is 14.8 Å². The Morgan fingerprint density at radius 1 is 1.38 bits per heavy atom. The molecule has 0 unspecified atom stereocenters. The van der Waals surface area contributed by atoms with Crippen LogP contribution in [0.3, 0.4) is 0 Å². The number of aromatic nitrogens is 5. The van der Waals surface area contributed by atoms with Crippen LogP contribution < -0.4 is 10.9 Å². The fourth-order valence-electron chi connectivity index (χ4n) is 2.33. The van der Waals surface area contributed by atoms with Crippen molar-refractivity contribution in [3.8, 4) is 11.4 Å². The van der Waals surface area contributed by atoms with Gasteiger partial charge in [0.25, 0.3) is 5.91 Å². The maximum atomic E-state index is 12.1. The molecule has 0 aromatic carbocycles. The molecule has 3 N–H and O–H groups in total. The van der Waals surface area contributed by atoms with Gasteiger partial charge in [0, 0.05) is 29.4 Å². The van der Waals surface area contributed by atoms with Crippen molar-refractivity contribution in [1.29, 1.82) is 0 Å². The molecule has 1 aliphatic carbocycles. The zero-order valence-corrected chi connectivity index (χ0v) is 12.6. The topological polar surface area (TPSA) is 130 Å². The van der Waals surface area contributed by atoms with E-state index in [2.05, 4.69) is 30.6 Å². The molecule has 122 valence electrons. The highest BCUT2D eigenvalue weighted by molar-refractivity contribution is 5.92. The Kier molecular flexibility index (Phi) is 3.45. The molecule has 0 atom stereocenters. The van der Waals surface area contributed by atoms with Gasteiger partial charge in [-0.1, -0.05) is 5.16 Å². The Hall–Kier alpha value is -3.23. The second-order valence-corrected chi connectivity index (χ2v) is 5.62. The van der Waals surface area contributed by atoms with Crippen LogP contribution in [-0.2, 0) is 6.54 Å². The van der Waals surface area contributed by atoms with Crippen molar-refractivity contribution in [2.75, 3.05) is 0 Å². The largest absolute Gasteiger partial charge is 0.342 e. The molecule has 0 spiro atoms. The van der Waals surface area contributed by atoms with Crippen LogP contribution >= 0.6 is 0 Å². The fourth-order valence-corrected chi connectivity index (χ4v) is 2.33. The molecular formula is C15H14N6O3. The lowest BCUT2D eigenvalue weighted by molar-refractivity contribution is 0.0941. The number of amides is 1. The van der Waals surface area contributed by atoms with Crippen LogP contribution in [0, 0.1) is 0 Å². The summed E-state index contributed by atoms with van der Waals surface area (Å²) in [7, 11) is 0. The van der Waals surface area contributed by atoms with Crippen LogP contribution in [0.4, 0.5) is 0 Å². The number of hydrogen-bond acceptors (Lipinski definition) is 6. The standard InChI is InChI=1S/C15H14N6O3/c22-12-5-9(3-4-16-12)14-18-13(24-21-14)7-17-15(23)11-6-10(19-20-11)8-1-2-8/h3-6,8H,1-2,7H2,(H,16,22)(H,17,23)(H,19,20). The molecule has 1 fully saturated rings. The summed E-state index contributed by atoms with van der Waals surface area (Å²) in [6.07, 6.45) is 3.77. The van der Waals surface area contributed by atoms with Crippen molar-refractivity contribution in [1.82, 2.24) is 30.6 Å². The molecule has 1 amide bonds. The van der Waals surface area contributed by atoms with E-state index in [1.807, 2.05) is 0 Å². The minimum absolute atomic E-state index is 0.0840. The van der Waals surface area contributed by atoms with Gasteiger partial charge in [-0.25, -0.2) is 0 Å². The lowest BCUT2D eigenvalue weighted by Crippen LogP contribution is -2.23. The number of nitrogens with one attached hydrogen (secondary N) is 3. The van der Waals surface area contributed by atoms with Crippen LogP contribution in [0.5, 0.6) is 0 Å². The summed E-state index contributed by atoms with van der Waals surface area (Å²) >= 11 is 0. The van der Waals surface area contributed by atoms with E-state index in [-0.39, 0.29) is 23.9 Å². The molecule has 24 heavy (non-hydrogen) atoms. The van der Waals surface area contributed by atoms with Gasteiger partial charge in [0.1, 0.15) is 5.69 Å². The number of hydrogen-bond donors (Lipinski definition) is 3. The average molecular weight is 326 g/mol. The zero-order chi connectivity index (χ0) is 16.5. The maximum Gasteiger partial charge on any atom is 0.272 e. The van der Waals surface area contributed by atoms with Crippen molar-refractivity contribution in [2.24, 2.45) is 0 Å². The van der Waals surface area contributed by atoms with Gasteiger partial charge >= 0.3 is 0 Å². The van der Waals surface area contributed by atoms with E-state index in [0.29, 0.717) is 23.0 Å². The minimum atomic E-state index is -0.311. The summed E-state index contributed by atoms with van der Waals surface area (Å²) in [5.41, 5.74) is 1.62. The Bertz CT molecular complexity index is 936. The van der Waals surface area contributed by atoms with Crippen molar-refractivity contribution >= 4 is 5.91 Å². The van der Waals surface area contributed by atoms with Crippen LogP contribution in [0.1, 0.15) is 40.8 Å². The number of pyridine rings is 1. The van der Waals surface area contributed by atoms with Crippen molar-refractivity contribution < 1.29 is 9.32 Å². The van der Waals surface area contributed by atoms with Crippen molar-refractivity contribution in [2.45, 2.75) is 25.3 Å².